The van der Waals surface area contributed by atoms with Gasteiger partial charge in [0.2, 0.25) is 5.91 Å². The topological polar surface area (TPSA) is 93.9 Å². The monoisotopic (exact) mass is 492 g/mol. The highest BCUT2D eigenvalue weighted by molar-refractivity contribution is 8.00. The zero-order valence-corrected chi connectivity index (χ0v) is 20.7. The van der Waals surface area contributed by atoms with E-state index in [9.17, 15) is 13.2 Å². The van der Waals surface area contributed by atoms with Crippen LogP contribution in [0.2, 0.25) is 5.02 Å². The zero-order chi connectivity index (χ0) is 23.5. The van der Waals surface area contributed by atoms with Crippen molar-refractivity contribution in [2.24, 2.45) is 7.05 Å². The van der Waals surface area contributed by atoms with Crippen LogP contribution in [0.15, 0.2) is 52.5 Å². The molecule has 0 bridgehead atoms. The van der Waals surface area contributed by atoms with Gasteiger partial charge in [-0.15, -0.1) is 10.2 Å². The molecule has 1 atom stereocenters. The second kappa shape index (κ2) is 10.1. The third-order valence-corrected chi connectivity index (χ3v) is 8.25. The Hall–Kier alpha value is -2.36. The number of carbonyl (C=O) groups is 1. The molecule has 1 unspecified atom stereocenters. The number of nitrogens with zero attached hydrogens (tertiary/aromatic N) is 3. The van der Waals surface area contributed by atoms with Gasteiger partial charge in [-0.1, -0.05) is 54.0 Å². The molecule has 10 heteroatoms. The van der Waals surface area contributed by atoms with Crippen LogP contribution in [-0.2, 0) is 27.4 Å². The Balaban J connectivity index is 1.74. The summed E-state index contributed by atoms with van der Waals surface area (Å²) in [5, 5.41) is 11.7. The molecule has 32 heavy (non-hydrogen) atoms. The average Bonchev–Trinajstić information content (AvgIpc) is 3.07. The van der Waals surface area contributed by atoms with Crippen molar-refractivity contribution in [2.75, 3.05) is 5.32 Å². The Morgan fingerprint density at radius 1 is 1.16 bits per heavy atom. The van der Waals surface area contributed by atoms with Gasteiger partial charge in [0.05, 0.1) is 10.1 Å². The van der Waals surface area contributed by atoms with Gasteiger partial charge in [0.15, 0.2) is 15.0 Å². The lowest BCUT2D eigenvalue weighted by Gasteiger charge is -2.15. The number of sulfone groups is 1. The van der Waals surface area contributed by atoms with E-state index in [1.54, 1.807) is 48.0 Å². The Kier molecular flexibility index (Phi) is 7.63. The molecule has 3 aromatic rings. The van der Waals surface area contributed by atoms with Gasteiger partial charge in [0.1, 0.15) is 11.6 Å². The number of aromatic nitrogens is 3. The predicted octanol–water partition coefficient (Wildman–Crippen LogP) is 4.57. The molecule has 170 valence electrons. The van der Waals surface area contributed by atoms with Crippen molar-refractivity contribution in [3.63, 3.8) is 0 Å². The van der Waals surface area contributed by atoms with Crippen molar-refractivity contribution < 1.29 is 13.2 Å². The lowest BCUT2D eigenvalue weighted by Crippen LogP contribution is -2.25. The molecule has 0 aliphatic rings. The van der Waals surface area contributed by atoms with Crippen LogP contribution < -0.4 is 5.32 Å². The molecule has 1 heterocycles. The number of benzene rings is 2. The molecule has 3 rings (SSSR count). The SMILES string of the molecule is CCC(Sc1nnc(CS(=O)(=O)c2ccc(C)cc2)n1C)C(=O)Nc1cc(Cl)ccc1C. The number of nitrogens with one attached hydrogen (secondary N) is 1. The van der Waals surface area contributed by atoms with Gasteiger partial charge in [-0.05, 0) is 50.1 Å². The average molecular weight is 493 g/mol. The Morgan fingerprint density at radius 3 is 2.50 bits per heavy atom. The zero-order valence-electron chi connectivity index (χ0n) is 18.3. The van der Waals surface area contributed by atoms with E-state index in [1.807, 2.05) is 26.8 Å². The number of rotatable bonds is 8. The minimum atomic E-state index is -3.56. The Morgan fingerprint density at radius 2 is 1.84 bits per heavy atom. The van der Waals surface area contributed by atoms with Crippen LogP contribution in [0.1, 0.15) is 30.3 Å². The van der Waals surface area contributed by atoms with Crippen LogP contribution in [0.3, 0.4) is 0 Å². The van der Waals surface area contributed by atoms with E-state index in [0.717, 1.165) is 11.1 Å². The highest BCUT2D eigenvalue weighted by atomic mass is 35.5. The first kappa shape index (κ1) is 24.3. The van der Waals surface area contributed by atoms with Gasteiger partial charge in [-0.2, -0.15) is 0 Å². The molecule has 2 aromatic carbocycles. The summed E-state index contributed by atoms with van der Waals surface area (Å²) in [6.45, 7) is 5.70. The fourth-order valence-electron chi connectivity index (χ4n) is 2.96. The maximum absolute atomic E-state index is 12.8. The maximum Gasteiger partial charge on any atom is 0.237 e. The van der Waals surface area contributed by atoms with Crippen LogP contribution in [0.4, 0.5) is 5.69 Å². The first-order valence-electron chi connectivity index (χ1n) is 10.0. The number of hydrogen-bond acceptors (Lipinski definition) is 6. The molecular weight excluding hydrogens is 468 g/mol. The molecular formula is C22H25ClN4O3S2. The van der Waals surface area contributed by atoms with Gasteiger partial charge in [0.25, 0.3) is 0 Å². The van der Waals surface area contributed by atoms with Crippen molar-refractivity contribution in [1.82, 2.24) is 14.8 Å². The van der Waals surface area contributed by atoms with Gasteiger partial charge in [-0.3, -0.25) is 4.79 Å². The number of hydrogen-bond donors (Lipinski definition) is 1. The largest absolute Gasteiger partial charge is 0.325 e. The van der Waals surface area contributed by atoms with Gasteiger partial charge >= 0.3 is 0 Å². The molecule has 0 spiro atoms. The standard InChI is InChI=1S/C22H25ClN4O3S2/c1-5-19(21(28)24-18-12-16(23)9-8-15(18)3)31-22-26-25-20(27(22)4)13-32(29,30)17-10-6-14(2)7-11-17/h6-12,19H,5,13H2,1-4H3,(H,24,28). The van der Waals surface area contributed by atoms with Crippen LogP contribution in [0.25, 0.3) is 0 Å². The lowest BCUT2D eigenvalue weighted by atomic mass is 10.2. The van der Waals surface area contributed by atoms with E-state index in [0.29, 0.717) is 28.1 Å². The highest BCUT2D eigenvalue weighted by Crippen LogP contribution is 2.27. The summed E-state index contributed by atoms with van der Waals surface area (Å²) in [5.41, 5.74) is 2.55. The quantitative estimate of drug-likeness (QED) is 0.463. The third kappa shape index (κ3) is 5.70. The highest BCUT2D eigenvalue weighted by Gasteiger charge is 2.24. The van der Waals surface area contributed by atoms with Crippen molar-refractivity contribution in [3.8, 4) is 0 Å². The van der Waals surface area contributed by atoms with Crippen molar-refractivity contribution >= 4 is 44.8 Å². The Bertz CT molecular complexity index is 1220. The lowest BCUT2D eigenvalue weighted by molar-refractivity contribution is -0.115. The Labute approximate surface area is 197 Å². The summed E-state index contributed by atoms with van der Waals surface area (Å²) in [7, 11) is -1.86. The predicted molar refractivity (Wildman–Crippen MR) is 128 cm³/mol. The smallest absolute Gasteiger partial charge is 0.237 e. The van der Waals surface area contributed by atoms with Crippen molar-refractivity contribution in [2.45, 2.75) is 48.2 Å². The van der Waals surface area contributed by atoms with Gasteiger partial charge in [0, 0.05) is 17.8 Å². The van der Waals surface area contributed by atoms with Crippen LogP contribution >= 0.6 is 23.4 Å². The summed E-state index contributed by atoms with van der Waals surface area (Å²) >= 11 is 7.29. The molecule has 0 saturated carbocycles. The summed E-state index contributed by atoms with van der Waals surface area (Å²) in [5.74, 6) is -0.140. The summed E-state index contributed by atoms with van der Waals surface area (Å²) in [6, 6.07) is 12.0. The van der Waals surface area contributed by atoms with Crippen LogP contribution in [0.5, 0.6) is 0 Å². The van der Waals surface area contributed by atoms with Crippen molar-refractivity contribution in [3.05, 3.63) is 64.4 Å². The van der Waals surface area contributed by atoms with E-state index >= 15 is 0 Å². The van der Waals surface area contributed by atoms with Crippen LogP contribution in [0, 0.1) is 13.8 Å². The van der Waals surface area contributed by atoms with E-state index in [2.05, 4.69) is 15.5 Å². The molecule has 0 fully saturated rings. The second-order valence-electron chi connectivity index (χ2n) is 7.49. The molecule has 0 radical (unpaired) electrons. The van der Waals surface area contributed by atoms with Crippen molar-refractivity contribution in [1.29, 1.82) is 0 Å². The minimum Gasteiger partial charge on any atom is -0.325 e. The number of anilines is 1. The number of halogens is 1. The number of carbonyl (C=O) groups excluding carboxylic acids is 1. The molecule has 0 aliphatic heterocycles. The third-order valence-electron chi connectivity index (χ3n) is 4.99. The second-order valence-corrected chi connectivity index (χ2v) is 11.1. The molecule has 1 amide bonds. The van der Waals surface area contributed by atoms with Gasteiger partial charge in [-0.25, -0.2) is 8.42 Å². The molecule has 7 nitrogen and oxygen atoms in total. The number of amides is 1. The fourth-order valence-corrected chi connectivity index (χ4v) is 5.38. The van der Waals surface area contributed by atoms with E-state index in [1.165, 1.54) is 11.8 Å². The minimum absolute atomic E-state index is 0.181. The van der Waals surface area contributed by atoms with E-state index < -0.39 is 15.1 Å². The molecule has 1 N–H and O–H groups in total. The van der Waals surface area contributed by atoms with Crippen LogP contribution in [-0.4, -0.2) is 34.3 Å². The van der Waals surface area contributed by atoms with Gasteiger partial charge < -0.3 is 9.88 Å². The fraction of sp³-hybridized carbons (Fsp3) is 0.318. The van der Waals surface area contributed by atoms with E-state index in [4.69, 9.17) is 11.6 Å². The maximum atomic E-state index is 12.8. The first-order chi connectivity index (χ1) is 15.1. The summed E-state index contributed by atoms with van der Waals surface area (Å²) < 4.78 is 27.1. The number of thioether (sulfide) groups is 1. The normalized spacial score (nSPS) is 12.5. The molecule has 0 saturated heterocycles. The summed E-state index contributed by atoms with van der Waals surface area (Å²) in [4.78, 5) is 13.1. The molecule has 0 aliphatic carbocycles. The summed E-state index contributed by atoms with van der Waals surface area (Å²) in [6.07, 6.45) is 0.556. The molecule has 1 aromatic heterocycles. The first-order valence-corrected chi connectivity index (χ1v) is 12.9. The number of aryl methyl sites for hydroxylation is 2. The van der Waals surface area contributed by atoms with E-state index in [-0.39, 0.29) is 16.6 Å².